The molecule has 0 unspecified atom stereocenters. The highest BCUT2D eigenvalue weighted by Gasteiger charge is 2.31. The summed E-state index contributed by atoms with van der Waals surface area (Å²) in [5.41, 5.74) is 6.37. The van der Waals surface area contributed by atoms with E-state index in [-0.39, 0.29) is 11.5 Å². The third-order valence-corrected chi connectivity index (χ3v) is 3.26. The first-order valence-corrected chi connectivity index (χ1v) is 6.25. The van der Waals surface area contributed by atoms with Crippen molar-refractivity contribution in [2.45, 2.75) is 19.4 Å². The van der Waals surface area contributed by atoms with Gasteiger partial charge >= 0.3 is 0 Å². The maximum atomic E-state index is 12.4. The predicted molar refractivity (Wildman–Crippen MR) is 71.8 cm³/mol. The number of morpholine rings is 1. The van der Waals surface area contributed by atoms with Gasteiger partial charge in [-0.05, 0) is 32.0 Å². The maximum absolute atomic E-state index is 12.4. The largest absolute Gasteiger partial charge is 0.399 e. The maximum Gasteiger partial charge on any atom is 0.255 e. The van der Waals surface area contributed by atoms with Gasteiger partial charge in [-0.3, -0.25) is 4.79 Å². The van der Waals surface area contributed by atoms with Crippen LogP contribution < -0.4 is 5.73 Å². The van der Waals surface area contributed by atoms with Gasteiger partial charge in [-0.25, -0.2) is 0 Å². The summed E-state index contributed by atoms with van der Waals surface area (Å²) in [7, 11) is 0. The van der Waals surface area contributed by atoms with Crippen molar-refractivity contribution < 1.29 is 9.53 Å². The summed E-state index contributed by atoms with van der Waals surface area (Å²) in [5, 5.41) is 0.429. The van der Waals surface area contributed by atoms with Crippen LogP contribution in [0.15, 0.2) is 18.2 Å². The van der Waals surface area contributed by atoms with Crippen molar-refractivity contribution in [2.24, 2.45) is 0 Å². The topological polar surface area (TPSA) is 55.6 Å². The molecule has 0 radical (unpaired) electrons. The number of halogens is 1. The normalized spacial score (nSPS) is 18.7. The number of nitrogen functional groups attached to an aromatic ring is 1. The van der Waals surface area contributed by atoms with Crippen LogP contribution in [0.1, 0.15) is 24.2 Å². The summed E-state index contributed by atoms with van der Waals surface area (Å²) in [5.74, 6) is -0.0938. The second kappa shape index (κ2) is 4.78. The molecular weight excluding hydrogens is 252 g/mol. The minimum atomic E-state index is -0.319. The third kappa shape index (κ3) is 2.76. The highest BCUT2D eigenvalue weighted by molar-refractivity contribution is 6.34. The van der Waals surface area contributed by atoms with Gasteiger partial charge in [0.05, 0.1) is 22.8 Å². The zero-order valence-electron chi connectivity index (χ0n) is 10.6. The smallest absolute Gasteiger partial charge is 0.255 e. The molecule has 98 valence electrons. The van der Waals surface area contributed by atoms with E-state index < -0.39 is 0 Å². The molecule has 18 heavy (non-hydrogen) atoms. The van der Waals surface area contributed by atoms with Crippen molar-refractivity contribution in [3.05, 3.63) is 28.8 Å². The fourth-order valence-corrected chi connectivity index (χ4v) is 2.27. The molecular formula is C13H17ClN2O2. The molecule has 0 aromatic heterocycles. The Kier molecular flexibility index (Phi) is 3.50. The number of anilines is 1. The molecule has 4 nitrogen and oxygen atoms in total. The van der Waals surface area contributed by atoms with Crippen molar-refractivity contribution in [1.82, 2.24) is 4.90 Å². The highest BCUT2D eigenvalue weighted by atomic mass is 35.5. The minimum Gasteiger partial charge on any atom is -0.399 e. The van der Waals surface area contributed by atoms with Crippen LogP contribution in [0.5, 0.6) is 0 Å². The minimum absolute atomic E-state index is 0.0938. The molecule has 0 aliphatic carbocycles. The summed E-state index contributed by atoms with van der Waals surface area (Å²) >= 11 is 6.05. The van der Waals surface area contributed by atoms with Gasteiger partial charge in [-0.1, -0.05) is 11.6 Å². The Hall–Kier alpha value is -1.26. The monoisotopic (exact) mass is 268 g/mol. The van der Waals surface area contributed by atoms with Crippen LogP contribution in [0.25, 0.3) is 0 Å². The molecule has 0 atom stereocenters. The molecule has 0 bridgehead atoms. The first-order valence-electron chi connectivity index (χ1n) is 5.87. The van der Waals surface area contributed by atoms with E-state index in [1.165, 1.54) is 0 Å². The van der Waals surface area contributed by atoms with Gasteiger partial charge in [0.1, 0.15) is 0 Å². The number of ether oxygens (including phenoxy) is 1. The van der Waals surface area contributed by atoms with Crippen LogP contribution >= 0.6 is 11.6 Å². The number of hydrogen-bond acceptors (Lipinski definition) is 3. The Morgan fingerprint density at radius 1 is 1.50 bits per heavy atom. The Morgan fingerprint density at radius 2 is 2.22 bits per heavy atom. The molecule has 1 aromatic carbocycles. The summed E-state index contributed by atoms with van der Waals surface area (Å²) in [6.07, 6.45) is 0. The molecule has 2 rings (SSSR count). The lowest BCUT2D eigenvalue weighted by atomic mass is 10.1. The number of nitrogens with zero attached hydrogens (tertiary/aromatic N) is 1. The molecule has 1 aliphatic heterocycles. The van der Waals surface area contributed by atoms with Gasteiger partial charge in [0.25, 0.3) is 5.91 Å². The molecule has 1 aliphatic rings. The zero-order valence-corrected chi connectivity index (χ0v) is 11.3. The van der Waals surface area contributed by atoms with E-state index in [1.54, 1.807) is 23.1 Å². The first-order chi connectivity index (χ1) is 8.39. The zero-order chi connectivity index (χ0) is 13.3. The number of nitrogens with two attached hydrogens (primary N) is 1. The summed E-state index contributed by atoms with van der Waals surface area (Å²) < 4.78 is 5.58. The Bertz CT molecular complexity index is 474. The lowest BCUT2D eigenvalue weighted by Gasteiger charge is -2.38. The Morgan fingerprint density at radius 3 is 2.89 bits per heavy atom. The molecule has 1 fully saturated rings. The van der Waals surface area contributed by atoms with Crippen molar-refractivity contribution in [2.75, 3.05) is 25.4 Å². The summed E-state index contributed by atoms with van der Waals surface area (Å²) in [6, 6.07) is 4.95. The quantitative estimate of drug-likeness (QED) is 0.794. The Balaban J connectivity index is 2.23. The van der Waals surface area contributed by atoms with E-state index >= 15 is 0 Å². The van der Waals surface area contributed by atoms with Gasteiger partial charge in [0.2, 0.25) is 0 Å². The van der Waals surface area contributed by atoms with Gasteiger partial charge in [-0.15, -0.1) is 0 Å². The lowest BCUT2D eigenvalue weighted by molar-refractivity contribution is -0.0763. The number of amides is 1. The summed E-state index contributed by atoms with van der Waals surface area (Å²) in [4.78, 5) is 14.1. The van der Waals surface area contributed by atoms with Crippen molar-refractivity contribution in [1.29, 1.82) is 0 Å². The van der Waals surface area contributed by atoms with Crippen LogP contribution in [0.2, 0.25) is 5.02 Å². The van der Waals surface area contributed by atoms with E-state index in [0.29, 0.717) is 36.0 Å². The average molecular weight is 269 g/mol. The van der Waals surface area contributed by atoms with Crippen molar-refractivity contribution in [3.63, 3.8) is 0 Å². The number of benzene rings is 1. The number of hydrogen-bond donors (Lipinski definition) is 1. The standard InChI is InChI=1S/C13H17ClN2O2/c1-13(2)8-16(5-6-18-13)12(17)10-7-9(15)3-4-11(10)14/h3-4,7H,5-6,8,15H2,1-2H3. The van der Waals surface area contributed by atoms with E-state index in [2.05, 4.69) is 0 Å². The second-order valence-electron chi connectivity index (χ2n) is 5.07. The summed E-state index contributed by atoms with van der Waals surface area (Å²) in [6.45, 7) is 5.60. The predicted octanol–water partition coefficient (Wildman–Crippen LogP) is 2.17. The van der Waals surface area contributed by atoms with E-state index in [0.717, 1.165) is 0 Å². The van der Waals surface area contributed by atoms with Crippen LogP contribution in [-0.4, -0.2) is 36.1 Å². The number of carbonyl (C=O) groups is 1. The van der Waals surface area contributed by atoms with E-state index in [4.69, 9.17) is 22.1 Å². The van der Waals surface area contributed by atoms with Crippen LogP contribution in [0.3, 0.4) is 0 Å². The average Bonchev–Trinajstić information content (AvgIpc) is 2.30. The molecule has 0 spiro atoms. The fourth-order valence-electron chi connectivity index (χ4n) is 2.07. The van der Waals surface area contributed by atoms with Gasteiger partial charge < -0.3 is 15.4 Å². The molecule has 5 heteroatoms. The van der Waals surface area contributed by atoms with Gasteiger partial charge in [-0.2, -0.15) is 0 Å². The first kappa shape index (κ1) is 13.2. The van der Waals surface area contributed by atoms with Crippen LogP contribution in [0, 0.1) is 0 Å². The van der Waals surface area contributed by atoms with Crippen molar-refractivity contribution >= 4 is 23.2 Å². The number of rotatable bonds is 1. The molecule has 0 saturated carbocycles. The van der Waals surface area contributed by atoms with Crippen LogP contribution in [0.4, 0.5) is 5.69 Å². The molecule has 1 aromatic rings. The SMILES string of the molecule is CC1(C)CN(C(=O)c2cc(N)ccc2Cl)CCO1. The lowest BCUT2D eigenvalue weighted by Crippen LogP contribution is -2.50. The third-order valence-electron chi connectivity index (χ3n) is 2.93. The molecule has 1 saturated heterocycles. The van der Waals surface area contributed by atoms with Crippen LogP contribution in [-0.2, 0) is 4.74 Å². The van der Waals surface area contributed by atoms with E-state index in [9.17, 15) is 4.79 Å². The Labute approximate surface area is 112 Å². The van der Waals surface area contributed by atoms with Gasteiger partial charge in [0.15, 0.2) is 0 Å². The van der Waals surface area contributed by atoms with E-state index in [1.807, 2.05) is 13.8 Å². The van der Waals surface area contributed by atoms with Crippen molar-refractivity contribution in [3.8, 4) is 0 Å². The number of carbonyl (C=O) groups excluding carboxylic acids is 1. The fraction of sp³-hybridized carbons (Fsp3) is 0.462. The molecule has 1 amide bonds. The second-order valence-corrected chi connectivity index (χ2v) is 5.48. The molecule has 2 N–H and O–H groups in total. The van der Waals surface area contributed by atoms with Gasteiger partial charge in [0, 0.05) is 18.8 Å². The highest BCUT2D eigenvalue weighted by Crippen LogP contribution is 2.23. The molecule has 1 heterocycles.